The maximum absolute atomic E-state index is 12.2. The molecule has 2 aromatic carbocycles. The molecule has 0 radical (unpaired) electrons. The highest BCUT2D eigenvalue weighted by Gasteiger charge is 2.24. The molecule has 0 aliphatic carbocycles. The quantitative estimate of drug-likeness (QED) is 0.683. The van der Waals surface area contributed by atoms with Crippen molar-refractivity contribution < 1.29 is 4.79 Å². The van der Waals surface area contributed by atoms with Crippen LogP contribution in [0.25, 0.3) is 16.2 Å². The van der Waals surface area contributed by atoms with Crippen molar-refractivity contribution in [2.45, 2.75) is 0 Å². The maximum Gasteiger partial charge on any atom is 0.264 e. The third-order valence-corrected chi connectivity index (χ3v) is 5.33. The number of rotatable bonds is 2. The third-order valence-electron chi connectivity index (χ3n) is 3.44. The fourth-order valence-electron chi connectivity index (χ4n) is 2.35. The summed E-state index contributed by atoms with van der Waals surface area (Å²) in [4.78, 5) is 17.3. The topological polar surface area (TPSA) is 41.5 Å². The lowest BCUT2D eigenvalue weighted by Gasteiger charge is -1.95. The standard InChI is InChI=1S/C18H12N2OS2/c21-17-16(10-12-11-22-15-9-5-4-8-14(12)15)23-18(20-17)19-13-6-2-1-3-7-13/h1-11H,(H,19,20,21). The molecule has 0 saturated carbocycles. The lowest BCUT2D eigenvalue weighted by molar-refractivity contribution is -0.115. The van der Waals surface area contributed by atoms with Crippen molar-refractivity contribution >= 4 is 56.0 Å². The molecule has 1 fully saturated rings. The normalized spacial score (nSPS) is 18.0. The Morgan fingerprint density at radius 2 is 1.78 bits per heavy atom. The van der Waals surface area contributed by atoms with E-state index in [9.17, 15) is 4.79 Å². The summed E-state index contributed by atoms with van der Waals surface area (Å²) in [6.07, 6.45) is 1.94. The molecule has 23 heavy (non-hydrogen) atoms. The molecule has 4 rings (SSSR count). The zero-order chi connectivity index (χ0) is 15.6. The summed E-state index contributed by atoms with van der Waals surface area (Å²) in [6, 6.07) is 17.8. The monoisotopic (exact) mass is 336 g/mol. The van der Waals surface area contributed by atoms with Crippen molar-refractivity contribution in [3.05, 3.63) is 70.4 Å². The zero-order valence-corrected chi connectivity index (χ0v) is 13.7. The van der Waals surface area contributed by atoms with Gasteiger partial charge < -0.3 is 5.32 Å². The van der Waals surface area contributed by atoms with Gasteiger partial charge in [-0.2, -0.15) is 0 Å². The second kappa shape index (κ2) is 6.02. The van der Waals surface area contributed by atoms with Crippen molar-refractivity contribution in [2.24, 2.45) is 4.99 Å². The van der Waals surface area contributed by atoms with Crippen molar-refractivity contribution in [2.75, 3.05) is 0 Å². The van der Waals surface area contributed by atoms with Crippen molar-refractivity contribution in [1.82, 2.24) is 5.32 Å². The largest absolute Gasteiger partial charge is 0.300 e. The number of hydrogen-bond donors (Lipinski definition) is 1. The molecular weight excluding hydrogens is 324 g/mol. The summed E-state index contributed by atoms with van der Waals surface area (Å²) < 4.78 is 1.22. The SMILES string of the molecule is O=C1NC(=Nc2ccccc2)SC1=Cc1csc2ccccc12. The van der Waals surface area contributed by atoms with Crippen molar-refractivity contribution in [1.29, 1.82) is 0 Å². The number of carbonyl (C=O) groups is 1. The van der Waals surface area contributed by atoms with Crippen LogP contribution in [0.4, 0.5) is 5.69 Å². The Balaban J connectivity index is 1.65. The van der Waals surface area contributed by atoms with E-state index in [-0.39, 0.29) is 5.91 Å². The summed E-state index contributed by atoms with van der Waals surface area (Å²) in [5.41, 5.74) is 1.90. The number of amides is 1. The molecule has 3 aromatic rings. The van der Waals surface area contributed by atoms with E-state index in [2.05, 4.69) is 27.8 Å². The van der Waals surface area contributed by atoms with Crippen LogP contribution in [0.3, 0.4) is 0 Å². The average Bonchev–Trinajstić information content (AvgIpc) is 3.13. The van der Waals surface area contributed by atoms with Crippen LogP contribution in [-0.2, 0) is 4.79 Å². The Kier molecular flexibility index (Phi) is 3.73. The van der Waals surface area contributed by atoms with E-state index in [1.807, 2.05) is 48.5 Å². The zero-order valence-electron chi connectivity index (χ0n) is 12.0. The lowest BCUT2D eigenvalue weighted by Crippen LogP contribution is -2.19. The number of amidine groups is 1. The summed E-state index contributed by atoms with van der Waals surface area (Å²) in [5.74, 6) is -0.0973. The third kappa shape index (κ3) is 2.93. The van der Waals surface area contributed by atoms with E-state index in [1.165, 1.54) is 21.8 Å². The molecule has 1 aliphatic rings. The Labute approximate surface area is 141 Å². The molecule has 0 atom stereocenters. The number of hydrogen-bond acceptors (Lipinski definition) is 4. The van der Waals surface area contributed by atoms with Gasteiger partial charge in [0.1, 0.15) is 0 Å². The lowest BCUT2D eigenvalue weighted by atomic mass is 10.1. The van der Waals surface area contributed by atoms with Gasteiger partial charge in [0, 0.05) is 4.70 Å². The van der Waals surface area contributed by atoms with Gasteiger partial charge in [0.25, 0.3) is 5.91 Å². The smallest absolute Gasteiger partial charge is 0.264 e. The summed E-state index contributed by atoms with van der Waals surface area (Å²) >= 11 is 3.06. The minimum absolute atomic E-state index is 0.0973. The number of carbonyl (C=O) groups excluding carboxylic acids is 1. The van der Waals surface area contributed by atoms with E-state index in [0.29, 0.717) is 10.1 Å². The van der Waals surface area contributed by atoms with Crippen molar-refractivity contribution in [3.63, 3.8) is 0 Å². The van der Waals surface area contributed by atoms with Crippen LogP contribution in [0.1, 0.15) is 5.56 Å². The molecule has 1 saturated heterocycles. The summed E-state index contributed by atoms with van der Waals surface area (Å²) in [7, 11) is 0. The number of nitrogens with one attached hydrogen (secondary N) is 1. The molecule has 1 N–H and O–H groups in total. The van der Waals surface area contributed by atoms with Gasteiger partial charge in [0.15, 0.2) is 5.17 Å². The van der Waals surface area contributed by atoms with Crippen LogP contribution in [0.2, 0.25) is 0 Å². The highest BCUT2D eigenvalue weighted by molar-refractivity contribution is 8.18. The highest BCUT2D eigenvalue weighted by atomic mass is 32.2. The molecule has 0 bridgehead atoms. The van der Waals surface area contributed by atoms with Gasteiger partial charge in [-0.05, 0) is 52.4 Å². The molecular formula is C18H12N2OS2. The number of benzene rings is 2. The Bertz CT molecular complexity index is 942. The first kappa shape index (κ1) is 14.2. The Morgan fingerprint density at radius 3 is 2.65 bits per heavy atom. The predicted molar refractivity (Wildman–Crippen MR) is 99.1 cm³/mol. The van der Waals surface area contributed by atoms with Crippen molar-refractivity contribution in [3.8, 4) is 0 Å². The second-order valence-electron chi connectivity index (χ2n) is 5.00. The number of thioether (sulfide) groups is 1. The molecule has 1 aliphatic heterocycles. The molecule has 1 aromatic heterocycles. The van der Waals surface area contributed by atoms with Crippen LogP contribution in [0.15, 0.2) is 69.9 Å². The first-order valence-electron chi connectivity index (χ1n) is 7.10. The number of fused-ring (bicyclic) bond motifs is 1. The second-order valence-corrected chi connectivity index (χ2v) is 6.95. The van der Waals surface area contributed by atoms with Crippen LogP contribution in [0.5, 0.6) is 0 Å². The van der Waals surface area contributed by atoms with Crippen LogP contribution in [0, 0.1) is 0 Å². The first-order chi connectivity index (χ1) is 11.3. The van der Waals surface area contributed by atoms with Gasteiger partial charge in [-0.25, -0.2) is 4.99 Å². The van der Waals surface area contributed by atoms with Gasteiger partial charge >= 0.3 is 0 Å². The minimum Gasteiger partial charge on any atom is -0.300 e. The fourth-order valence-corrected chi connectivity index (χ4v) is 4.10. The Morgan fingerprint density at radius 1 is 1.00 bits per heavy atom. The van der Waals surface area contributed by atoms with E-state index < -0.39 is 0 Å². The number of nitrogens with zero attached hydrogens (tertiary/aromatic N) is 1. The molecule has 0 unspecified atom stereocenters. The number of para-hydroxylation sites is 1. The van der Waals surface area contributed by atoms with Crippen LogP contribution >= 0.6 is 23.1 Å². The fraction of sp³-hybridized carbons (Fsp3) is 0. The van der Waals surface area contributed by atoms with E-state index in [4.69, 9.17) is 0 Å². The molecule has 3 nitrogen and oxygen atoms in total. The van der Waals surface area contributed by atoms with Gasteiger partial charge in [0.2, 0.25) is 0 Å². The summed E-state index contributed by atoms with van der Waals surface area (Å²) in [5, 5.41) is 6.69. The maximum atomic E-state index is 12.2. The molecule has 0 spiro atoms. The highest BCUT2D eigenvalue weighted by Crippen LogP contribution is 2.32. The first-order valence-corrected chi connectivity index (χ1v) is 8.80. The van der Waals surface area contributed by atoms with Gasteiger partial charge in [-0.15, -0.1) is 11.3 Å². The van der Waals surface area contributed by atoms with Gasteiger partial charge in [0.05, 0.1) is 10.6 Å². The van der Waals surface area contributed by atoms with E-state index >= 15 is 0 Å². The Hall–Kier alpha value is -2.37. The number of aliphatic imine (C=N–C) groups is 1. The molecule has 1 amide bonds. The van der Waals surface area contributed by atoms with Crippen LogP contribution in [-0.4, -0.2) is 11.1 Å². The van der Waals surface area contributed by atoms with E-state index in [0.717, 1.165) is 11.3 Å². The number of thiophene rings is 1. The minimum atomic E-state index is -0.0973. The molecule has 5 heteroatoms. The van der Waals surface area contributed by atoms with E-state index in [1.54, 1.807) is 11.3 Å². The predicted octanol–water partition coefficient (Wildman–Crippen LogP) is 4.79. The average molecular weight is 336 g/mol. The molecule has 2 heterocycles. The molecule has 112 valence electrons. The van der Waals surface area contributed by atoms with Gasteiger partial charge in [-0.1, -0.05) is 36.4 Å². The van der Waals surface area contributed by atoms with Crippen LogP contribution < -0.4 is 5.32 Å². The summed E-state index contributed by atoms with van der Waals surface area (Å²) in [6.45, 7) is 0. The van der Waals surface area contributed by atoms with Gasteiger partial charge in [-0.3, -0.25) is 4.79 Å².